The van der Waals surface area contributed by atoms with Crippen molar-refractivity contribution in [3.8, 4) is 0 Å². The molecule has 63 valence electrons. The molecule has 0 heterocycles. The van der Waals surface area contributed by atoms with Crippen molar-refractivity contribution in [3.63, 3.8) is 0 Å². The molecule has 0 aromatic heterocycles. The maximum atomic E-state index is 3.50. The zero-order valence-corrected chi connectivity index (χ0v) is 7.60. The Kier molecular flexibility index (Phi) is 4.33. The molecule has 1 rings (SSSR count). The molecule has 0 saturated heterocycles. The molecule has 0 bridgehead atoms. The number of unbranched alkanes of at least 4 members (excludes halogenated alkanes) is 1. The van der Waals surface area contributed by atoms with Crippen molar-refractivity contribution in [3.05, 3.63) is 12.2 Å². The summed E-state index contributed by atoms with van der Waals surface area (Å²) < 4.78 is 0. The molecule has 0 amide bonds. The van der Waals surface area contributed by atoms with Gasteiger partial charge in [0.15, 0.2) is 0 Å². The van der Waals surface area contributed by atoms with Crippen LogP contribution in [0.3, 0.4) is 0 Å². The van der Waals surface area contributed by atoms with Gasteiger partial charge in [-0.1, -0.05) is 38.7 Å². The average molecular weight is 151 g/mol. The van der Waals surface area contributed by atoms with E-state index in [4.69, 9.17) is 0 Å². The molecule has 0 aliphatic heterocycles. The third-order valence-corrected chi connectivity index (χ3v) is 2.39. The first-order valence-corrected chi connectivity index (χ1v) is 5.01. The molecule has 11 heavy (non-hydrogen) atoms. The van der Waals surface area contributed by atoms with Gasteiger partial charge in [0, 0.05) is 0 Å². The summed E-state index contributed by atoms with van der Waals surface area (Å²) in [4.78, 5) is 0. The number of allylic oxidation sites excluding steroid dienone is 2. The quantitative estimate of drug-likeness (QED) is 0.576. The van der Waals surface area contributed by atoms with Crippen LogP contribution in [0.1, 0.15) is 51.9 Å². The normalized spacial score (nSPS) is 21.2. The molecule has 0 spiro atoms. The second-order valence-electron chi connectivity index (χ2n) is 3.49. The van der Waals surface area contributed by atoms with Crippen LogP contribution in [-0.4, -0.2) is 0 Å². The summed E-state index contributed by atoms with van der Waals surface area (Å²) in [5.41, 5.74) is 0. The van der Waals surface area contributed by atoms with Gasteiger partial charge in [0.05, 0.1) is 0 Å². The van der Waals surface area contributed by atoms with Crippen LogP contribution in [0.5, 0.6) is 0 Å². The summed E-state index contributed by atoms with van der Waals surface area (Å²) in [7, 11) is 0. The summed E-state index contributed by atoms with van der Waals surface area (Å²) in [5, 5.41) is 0. The van der Waals surface area contributed by atoms with E-state index in [1.54, 1.807) is 0 Å². The van der Waals surface area contributed by atoms with Crippen molar-refractivity contribution >= 4 is 0 Å². The summed E-state index contributed by atoms with van der Waals surface area (Å²) in [6.45, 7) is 2.22. The monoisotopic (exact) mass is 151 g/mol. The minimum atomic E-state index is 0.801. The second kappa shape index (κ2) is 5.40. The predicted molar refractivity (Wildman–Crippen MR) is 49.3 cm³/mol. The van der Waals surface area contributed by atoms with Gasteiger partial charge in [-0.2, -0.15) is 0 Å². The molecule has 0 unspecified atom stereocenters. The van der Waals surface area contributed by atoms with Gasteiger partial charge < -0.3 is 0 Å². The predicted octanol–water partition coefficient (Wildman–Crippen LogP) is 3.73. The summed E-state index contributed by atoms with van der Waals surface area (Å²) >= 11 is 0. The first-order valence-electron chi connectivity index (χ1n) is 5.01. The van der Waals surface area contributed by atoms with E-state index in [2.05, 4.69) is 19.1 Å². The summed E-state index contributed by atoms with van der Waals surface area (Å²) in [6.07, 6.45) is 15.3. The molecule has 1 aliphatic rings. The molecule has 1 aliphatic carbocycles. The van der Waals surface area contributed by atoms with E-state index in [0.29, 0.717) is 0 Å². The molecule has 1 saturated carbocycles. The van der Waals surface area contributed by atoms with Crippen LogP contribution in [-0.2, 0) is 0 Å². The molecule has 1 radical (unpaired) electrons. The van der Waals surface area contributed by atoms with E-state index in [-0.39, 0.29) is 0 Å². The maximum Gasteiger partial charge on any atom is -0.0162 e. The number of hydrogen-bond donors (Lipinski definition) is 0. The lowest BCUT2D eigenvalue weighted by Crippen LogP contribution is -2.02. The van der Waals surface area contributed by atoms with Gasteiger partial charge in [-0.05, 0) is 31.3 Å². The van der Waals surface area contributed by atoms with Crippen LogP contribution in [0.4, 0.5) is 0 Å². The highest BCUT2D eigenvalue weighted by Gasteiger charge is 2.09. The average Bonchev–Trinajstić information content (AvgIpc) is 2.07. The lowest BCUT2D eigenvalue weighted by atomic mass is 9.89. The van der Waals surface area contributed by atoms with Crippen molar-refractivity contribution in [2.75, 3.05) is 0 Å². The van der Waals surface area contributed by atoms with E-state index < -0.39 is 0 Å². The lowest BCUT2D eigenvalue weighted by Gasteiger charge is -2.16. The second-order valence-corrected chi connectivity index (χ2v) is 3.49. The highest BCUT2D eigenvalue weighted by Crippen LogP contribution is 2.23. The molecule has 0 aromatic carbocycles. The third kappa shape index (κ3) is 3.60. The van der Waals surface area contributed by atoms with Gasteiger partial charge in [-0.3, -0.25) is 0 Å². The zero-order chi connectivity index (χ0) is 7.94. The molecule has 0 atom stereocenters. The molecule has 0 aromatic rings. The van der Waals surface area contributed by atoms with Crippen LogP contribution in [0.15, 0.2) is 6.08 Å². The number of rotatable bonds is 3. The molecule has 1 fully saturated rings. The summed E-state index contributed by atoms with van der Waals surface area (Å²) in [5.74, 6) is 0.801. The molecule has 0 nitrogen and oxygen atoms in total. The molecule has 0 heteroatoms. The van der Waals surface area contributed by atoms with E-state index in [9.17, 15) is 0 Å². The van der Waals surface area contributed by atoms with Crippen LogP contribution < -0.4 is 0 Å². The Balaban J connectivity index is 2.13. The minimum absolute atomic E-state index is 0.801. The van der Waals surface area contributed by atoms with E-state index >= 15 is 0 Å². The Morgan fingerprint density at radius 1 is 1.27 bits per heavy atom. The van der Waals surface area contributed by atoms with E-state index in [1.165, 1.54) is 44.9 Å². The standard InChI is InChI=1S/C11H19/c1-2-3-5-8-11-9-6-4-7-10-11/h5,11H,2-4,6-7,9-10H2,1H3. The Bertz CT molecular complexity index is 107. The summed E-state index contributed by atoms with van der Waals surface area (Å²) in [6, 6.07) is 0. The van der Waals surface area contributed by atoms with Gasteiger partial charge in [0.25, 0.3) is 0 Å². The van der Waals surface area contributed by atoms with Gasteiger partial charge in [0.1, 0.15) is 0 Å². The Morgan fingerprint density at radius 3 is 2.64 bits per heavy atom. The van der Waals surface area contributed by atoms with Crippen molar-refractivity contribution in [1.29, 1.82) is 0 Å². The highest BCUT2D eigenvalue weighted by molar-refractivity contribution is 4.81. The largest absolute Gasteiger partial charge is 0.0808 e. The van der Waals surface area contributed by atoms with E-state index in [0.717, 1.165) is 5.92 Å². The van der Waals surface area contributed by atoms with Gasteiger partial charge in [0.2, 0.25) is 0 Å². The fraction of sp³-hybridized carbons (Fsp3) is 0.818. The Hall–Kier alpha value is -0.260. The Morgan fingerprint density at radius 2 is 2.00 bits per heavy atom. The van der Waals surface area contributed by atoms with E-state index in [1.807, 2.05) is 0 Å². The zero-order valence-electron chi connectivity index (χ0n) is 7.60. The van der Waals surface area contributed by atoms with Crippen LogP contribution in [0.25, 0.3) is 0 Å². The van der Waals surface area contributed by atoms with Crippen molar-refractivity contribution in [2.24, 2.45) is 5.92 Å². The maximum absolute atomic E-state index is 3.50. The lowest BCUT2D eigenvalue weighted by molar-refractivity contribution is 0.410. The molecular formula is C11H19. The first kappa shape index (κ1) is 8.83. The van der Waals surface area contributed by atoms with Gasteiger partial charge in [-0.15, -0.1) is 0 Å². The SMILES string of the molecule is CCC/C=[C]\C1CCCCC1. The van der Waals surface area contributed by atoms with Crippen LogP contribution >= 0.6 is 0 Å². The molecule has 0 N–H and O–H groups in total. The van der Waals surface area contributed by atoms with Gasteiger partial charge in [-0.25, -0.2) is 0 Å². The van der Waals surface area contributed by atoms with Crippen LogP contribution in [0, 0.1) is 12.0 Å². The first-order chi connectivity index (χ1) is 5.43. The smallest absolute Gasteiger partial charge is 0.0162 e. The highest BCUT2D eigenvalue weighted by atomic mass is 14.1. The molecular weight excluding hydrogens is 132 g/mol. The van der Waals surface area contributed by atoms with Crippen molar-refractivity contribution < 1.29 is 0 Å². The minimum Gasteiger partial charge on any atom is -0.0808 e. The Labute approximate surface area is 70.7 Å². The third-order valence-electron chi connectivity index (χ3n) is 2.39. The fourth-order valence-corrected chi connectivity index (χ4v) is 1.66. The fourth-order valence-electron chi connectivity index (χ4n) is 1.66. The topological polar surface area (TPSA) is 0 Å². The van der Waals surface area contributed by atoms with Gasteiger partial charge >= 0.3 is 0 Å². The van der Waals surface area contributed by atoms with Crippen molar-refractivity contribution in [1.82, 2.24) is 0 Å². The number of hydrogen-bond acceptors (Lipinski definition) is 0. The van der Waals surface area contributed by atoms with Crippen LogP contribution in [0.2, 0.25) is 0 Å². The van der Waals surface area contributed by atoms with Crippen molar-refractivity contribution in [2.45, 2.75) is 51.9 Å².